The summed E-state index contributed by atoms with van der Waals surface area (Å²) in [6, 6.07) is 15.3. The van der Waals surface area contributed by atoms with Gasteiger partial charge >= 0.3 is 5.97 Å². The smallest absolute Gasteiger partial charge is 0.338 e. The summed E-state index contributed by atoms with van der Waals surface area (Å²) in [5.74, 6) is -0.445. The first kappa shape index (κ1) is 21.3. The van der Waals surface area contributed by atoms with Crippen LogP contribution in [-0.2, 0) is 9.53 Å². The van der Waals surface area contributed by atoms with Gasteiger partial charge < -0.3 is 22.0 Å². The lowest BCUT2D eigenvalue weighted by molar-refractivity contribution is -0.858. The van der Waals surface area contributed by atoms with Crippen LogP contribution in [0.15, 0.2) is 54.6 Å². The van der Waals surface area contributed by atoms with Crippen molar-refractivity contribution in [2.24, 2.45) is 0 Å². The molecule has 0 heterocycles. The molecule has 0 aliphatic heterocycles. The first-order valence-electron chi connectivity index (χ1n) is 7.95. The third-order valence-electron chi connectivity index (χ3n) is 3.55. The minimum atomic E-state index is -0.470. The SMILES string of the molecule is C[NH+](C)CCOC(=O)/C(=C/c1ccccc1)c1ccc([N+](=O)[O-])cc1.[Cl-]. The fourth-order valence-corrected chi connectivity index (χ4v) is 2.16. The molecule has 7 heteroatoms. The van der Waals surface area contributed by atoms with E-state index in [4.69, 9.17) is 4.74 Å². The number of nitrogens with one attached hydrogen (secondary N) is 1. The molecular weight excluding hydrogens is 356 g/mol. The Labute approximate surface area is 158 Å². The lowest BCUT2D eigenvalue weighted by atomic mass is 10.0. The van der Waals surface area contributed by atoms with Crippen LogP contribution < -0.4 is 17.3 Å². The molecule has 2 aromatic rings. The third kappa shape index (κ3) is 6.31. The number of benzene rings is 2. The topological polar surface area (TPSA) is 73.9 Å². The highest BCUT2D eigenvalue weighted by molar-refractivity contribution is 6.21. The zero-order chi connectivity index (χ0) is 18.2. The van der Waals surface area contributed by atoms with Gasteiger partial charge in [-0.25, -0.2) is 4.79 Å². The van der Waals surface area contributed by atoms with Gasteiger partial charge in [-0.05, 0) is 29.3 Å². The molecular formula is C19H21ClN2O4. The third-order valence-corrected chi connectivity index (χ3v) is 3.55. The molecule has 0 amide bonds. The van der Waals surface area contributed by atoms with Gasteiger partial charge in [0.1, 0.15) is 13.2 Å². The molecule has 2 aromatic carbocycles. The Bertz CT molecular complexity index is 759. The van der Waals surface area contributed by atoms with Crippen LogP contribution >= 0.6 is 0 Å². The van der Waals surface area contributed by atoms with Crippen LogP contribution in [0.25, 0.3) is 11.6 Å². The van der Waals surface area contributed by atoms with Gasteiger partial charge in [0.25, 0.3) is 5.69 Å². The van der Waals surface area contributed by atoms with Crippen molar-refractivity contribution in [3.05, 3.63) is 75.8 Å². The minimum Gasteiger partial charge on any atom is -1.00 e. The van der Waals surface area contributed by atoms with Crippen LogP contribution in [0, 0.1) is 10.1 Å². The molecule has 138 valence electrons. The number of nitrogens with zero attached hydrogens (tertiary/aromatic N) is 1. The van der Waals surface area contributed by atoms with Crippen molar-refractivity contribution in [3.8, 4) is 0 Å². The lowest BCUT2D eigenvalue weighted by Gasteiger charge is -2.11. The van der Waals surface area contributed by atoms with Gasteiger partial charge in [0, 0.05) is 12.1 Å². The summed E-state index contributed by atoms with van der Waals surface area (Å²) in [5, 5.41) is 10.8. The van der Waals surface area contributed by atoms with Crippen LogP contribution in [0.4, 0.5) is 5.69 Å². The molecule has 0 atom stereocenters. The Morgan fingerprint density at radius 3 is 2.27 bits per heavy atom. The molecule has 6 nitrogen and oxygen atoms in total. The van der Waals surface area contributed by atoms with E-state index in [0.717, 1.165) is 5.56 Å². The summed E-state index contributed by atoms with van der Waals surface area (Å²) in [6.45, 7) is 1.00. The quantitative estimate of drug-likeness (QED) is 0.217. The molecule has 0 saturated carbocycles. The predicted octanol–water partition coefficient (Wildman–Crippen LogP) is -1.17. The number of quaternary nitrogens is 1. The number of hydrogen-bond donors (Lipinski definition) is 1. The van der Waals surface area contributed by atoms with E-state index >= 15 is 0 Å². The fraction of sp³-hybridized carbons (Fsp3) is 0.211. The van der Waals surface area contributed by atoms with E-state index in [1.165, 1.54) is 17.0 Å². The molecule has 0 bridgehead atoms. The normalized spacial score (nSPS) is 11.0. The maximum absolute atomic E-state index is 12.5. The van der Waals surface area contributed by atoms with Crippen molar-refractivity contribution in [2.45, 2.75) is 0 Å². The number of carbonyl (C=O) groups is 1. The zero-order valence-electron chi connectivity index (χ0n) is 14.6. The van der Waals surface area contributed by atoms with Crippen LogP contribution in [0.3, 0.4) is 0 Å². The summed E-state index contributed by atoms with van der Waals surface area (Å²) in [4.78, 5) is 24.0. The Balaban J connectivity index is 0.00000338. The Morgan fingerprint density at radius 1 is 1.12 bits per heavy atom. The van der Waals surface area contributed by atoms with E-state index in [1.807, 2.05) is 44.4 Å². The molecule has 0 unspecified atom stereocenters. The van der Waals surface area contributed by atoms with Crippen molar-refractivity contribution in [3.63, 3.8) is 0 Å². The van der Waals surface area contributed by atoms with E-state index < -0.39 is 10.9 Å². The van der Waals surface area contributed by atoms with E-state index in [2.05, 4.69) is 0 Å². The number of halogens is 1. The summed E-state index contributed by atoms with van der Waals surface area (Å²) in [5.41, 5.74) is 1.78. The average Bonchev–Trinajstić information content (AvgIpc) is 2.60. The number of carbonyl (C=O) groups excluding carboxylic acids is 1. The second kappa shape index (κ2) is 10.3. The molecule has 1 N–H and O–H groups in total. The largest absolute Gasteiger partial charge is 1.00 e. The number of hydrogen-bond acceptors (Lipinski definition) is 4. The monoisotopic (exact) mass is 376 g/mol. The van der Waals surface area contributed by atoms with Crippen molar-refractivity contribution in [1.82, 2.24) is 0 Å². The number of esters is 1. The molecule has 0 aliphatic rings. The summed E-state index contributed by atoms with van der Waals surface area (Å²) >= 11 is 0. The second-order valence-electron chi connectivity index (χ2n) is 5.87. The standard InChI is InChI=1S/C19H20N2O4.ClH/c1-20(2)12-13-25-19(22)18(14-15-6-4-3-5-7-15)16-8-10-17(11-9-16)21(23)24;/h3-11,14H,12-13H2,1-2H3;1H/b18-14+;. The number of nitro benzene ring substituents is 1. The highest BCUT2D eigenvalue weighted by atomic mass is 35.5. The highest BCUT2D eigenvalue weighted by Crippen LogP contribution is 2.22. The zero-order valence-corrected chi connectivity index (χ0v) is 15.4. The lowest BCUT2D eigenvalue weighted by Crippen LogP contribution is -3.06. The number of nitro groups is 1. The minimum absolute atomic E-state index is 0. The Morgan fingerprint density at radius 2 is 1.73 bits per heavy atom. The van der Waals surface area contributed by atoms with E-state index in [0.29, 0.717) is 24.3 Å². The molecule has 0 spiro atoms. The molecule has 0 saturated heterocycles. The molecule has 0 fully saturated rings. The second-order valence-corrected chi connectivity index (χ2v) is 5.87. The number of ether oxygens (including phenoxy) is 1. The summed E-state index contributed by atoms with van der Waals surface area (Å²) < 4.78 is 5.36. The van der Waals surface area contributed by atoms with Crippen molar-refractivity contribution in [1.29, 1.82) is 0 Å². The number of non-ortho nitro benzene ring substituents is 1. The van der Waals surface area contributed by atoms with Gasteiger partial charge in [-0.15, -0.1) is 0 Å². The van der Waals surface area contributed by atoms with Crippen LogP contribution in [0.5, 0.6) is 0 Å². The van der Waals surface area contributed by atoms with Crippen LogP contribution in [0.2, 0.25) is 0 Å². The maximum Gasteiger partial charge on any atom is 0.338 e. The van der Waals surface area contributed by atoms with Gasteiger partial charge in [0.05, 0.1) is 24.6 Å². The average molecular weight is 377 g/mol. The Hall–Kier alpha value is -2.70. The van der Waals surface area contributed by atoms with Gasteiger partial charge in [-0.2, -0.15) is 0 Å². The van der Waals surface area contributed by atoms with Crippen LogP contribution in [0.1, 0.15) is 11.1 Å². The van der Waals surface area contributed by atoms with Crippen molar-refractivity contribution in [2.75, 3.05) is 27.2 Å². The van der Waals surface area contributed by atoms with Gasteiger partial charge in [-0.1, -0.05) is 30.3 Å². The summed E-state index contributed by atoms with van der Waals surface area (Å²) in [7, 11) is 3.95. The highest BCUT2D eigenvalue weighted by Gasteiger charge is 2.16. The first-order valence-corrected chi connectivity index (χ1v) is 7.95. The van der Waals surface area contributed by atoms with Crippen molar-refractivity contribution >= 4 is 23.3 Å². The number of rotatable bonds is 7. The Kier molecular flexibility index (Phi) is 8.48. The van der Waals surface area contributed by atoms with Crippen LogP contribution in [-0.4, -0.2) is 38.1 Å². The molecule has 2 rings (SSSR count). The molecule has 0 radical (unpaired) electrons. The number of likely N-dealkylation sites (N-methyl/N-ethyl adjacent to an activating group) is 1. The molecule has 0 aromatic heterocycles. The van der Waals surface area contributed by atoms with Gasteiger partial charge in [-0.3, -0.25) is 10.1 Å². The molecule has 0 aliphatic carbocycles. The van der Waals surface area contributed by atoms with E-state index in [1.54, 1.807) is 18.2 Å². The van der Waals surface area contributed by atoms with E-state index in [-0.39, 0.29) is 18.1 Å². The van der Waals surface area contributed by atoms with Gasteiger partial charge in [0.2, 0.25) is 0 Å². The molecule has 26 heavy (non-hydrogen) atoms. The fourth-order valence-electron chi connectivity index (χ4n) is 2.16. The van der Waals surface area contributed by atoms with Crippen molar-refractivity contribution < 1.29 is 31.8 Å². The maximum atomic E-state index is 12.5. The summed E-state index contributed by atoms with van der Waals surface area (Å²) in [6.07, 6.45) is 1.73. The first-order chi connectivity index (χ1) is 12.0. The predicted molar refractivity (Wildman–Crippen MR) is 96.0 cm³/mol. The van der Waals surface area contributed by atoms with Gasteiger partial charge in [0.15, 0.2) is 0 Å². The van der Waals surface area contributed by atoms with E-state index in [9.17, 15) is 14.9 Å².